The van der Waals surface area contributed by atoms with Crippen molar-refractivity contribution in [3.8, 4) is 0 Å². The minimum Gasteiger partial charge on any atom is -0.464 e. The predicted molar refractivity (Wildman–Crippen MR) is 82.2 cm³/mol. The summed E-state index contributed by atoms with van der Waals surface area (Å²) in [6, 6.07) is 6.09. The summed E-state index contributed by atoms with van der Waals surface area (Å²) < 4.78 is 4.64. The number of carbonyl (C=O) groups is 1. The smallest absolute Gasteiger partial charge is 0.357 e. The van der Waals surface area contributed by atoms with Crippen molar-refractivity contribution in [2.24, 2.45) is 0 Å². The lowest BCUT2D eigenvalue weighted by molar-refractivity contribution is 0.0595. The van der Waals surface area contributed by atoms with Crippen LogP contribution in [0.5, 0.6) is 0 Å². The summed E-state index contributed by atoms with van der Waals surface area (Å²) in [4.78, 5) is 17.6. The Bertz CT molecular complexity index is 623. The molecule has 0 fully saturated rings. The fourth-order valence-electron chi connectivity index (χ4n) is 1.82. The van der Waals surface area contributed by atoms with E-state index < -0.39 is 5.97 Å². The zero-order valence-electron chi connectivity index (χ0n) is 11.9. The number of anilines is 3. The van der Waals surface area contributed by atoms with E-state index >= 15 is 0 Å². The third kappa shape index (κ3) is 3.08. The third-order valence-corrected chi connectivity index (χ3v) is 3.60. The van der Waals surface area contributed by atoms with Gasteiger partial charge in [0, 0.05) is 30.9 Å². The maximum Gasteiger partial charge on any atom is 0.357 e. The molecule has 1 heterocycles. The Morgan fingerprint density at radius 1 is 1.40 bits per heavy atom. The first-order valence-corrected chi connectivity index (χ1v) is 6.98. The molecule has 0 saturated heterocycles. The maximum absolute atomic E-state index is 11.4. The second-order valence-corrected chi connectivity index (χ2v) is 5.41. The number of ether oxygens (including phenoxy) is 1. The van der Waals surface area contributed by atoms with Crippen LogP contribution in [0, 0.1) is 6.92 Å². The van der Waals surface area contributed by atoms with Gasteiger partial charge in [0.2, 0.25) is 0 Å². The summed E-state index contributed by atoms with van der Waals surface area (Å²) in [6.45, 7) is 2.07. The summed E-state index contributed by atoms with van der Waals surface area (Å²) in [5.41, 5.74) is 3.60. The lowest BCUT2D eigenvalue weighted by Crippen LogP contribution is -2.10. The van der Waals surface area contributed by atoms with Gasteiger partial charge in [-0.3, -0.25) is 0 Å². The Hall–Kier alpha value is -2.08. The van der Waals surface area contributed by atoms with E-state index in [4.69, 9.17) is 0 Å². The molecular formula is C14H17N3O2S. The topological polar surface area (TPSA) is 54.5 Å². The van der Waals surface area contributed by atoms with Gasteiger partial charge in [0.1, 0.15) is 0 Å². The Morgan fingerprint density at radius 3 is 2.80 bits per heavy atom. The van der Waals surface area contributed by atoms with E-state index in [0.717, 1.165) is 11.4 Å². The Morgan fingerprint density at radius 2 is 2.15 bits per heavy atom. The molecule has 1 N–H and O–H groups in total. The average Bonchev–Trinajstić information content (AvgIpc) is 2.88. The number of benzene rings is 1. The zero-order chi connectivity index (χ0) is 14.7. The van der Waals surface area contributed by atoms with Crippen LogP contribution in [0.2, 0.25) is 0 Å². The molecule has 0 aliphatic heterocycles. The van der Waals surface area contributed by atoms with Crippen LogP contribution in [0.25, 0.3) is 0 Å². The van der Waals surface area contributed by atoms with E-state index in [9.17, 15) is 4.79 Å². The molecular weight excluding hydrogens is 274 g/mol. The number of aromatic nitrogens is 1. The summed E-state index contributed by atoms with van der Waals surface area (Å²) in [5, 5.41) is 5.54. The van der Waals surface area contributed by atoms with Gasteiger partial charge in [0.25, 0.3) is 0 Å². The van der Waals surface area contributed by atoms with Gasteiger partial charge in [-0.05, 0) is 24.6 Å². The highest BCUT2D eigenvalue weighted by Gasteiger charge is 2.11. The Balaban J connectivity index is 2.20. The van der Waals surface area contributed by atoms with E-state index in [1.54, 1.807) is 5.38 Å². The van der Waals surface area contributed by atoms with Crippen molar-refractivity contribution in [2.45, 2.75) is 6.92 Å². The van der Waals surface area contributed by atoms with E-state index in [0.29, 0.717) is 10.8 Å². The third-order valence-electron chi connectivity index (χ3n) is 2.84. The van der Waals surface area contributed by atoms with E-state index in [1.165, 1.54) is 24.0 Å². The second kappa shape index (κ2) is 5.92. The van der Waals surface area contributed by atoms with Gasteiger partial charge in [0.05, 0.1) is 7.11 Å². The molecule has 6 heteroatoms. The van der Waals surface area contributed by atoms with Crippen molar-refractivity contribution in [3.63, 3.8) is 0 Å². The maximum atomic E-state index is 11.4. The first kappa shape index (κ1) is 14.3. The van der Waals surface area contributed by atoms with Gasteiger partial charge in [-0.1, -0.05) is 6.07 Å². The van der Waals surface area contributed by atoms with Crippen molar-refractivity contribution in [1.29, 1.82) is 0 Å². The highest BCUT2D eigenvalue weighted by molar-refractivity contribution is 7.14. The highest BCUT2D eigenvalue weighted by atomic mass is 32.1. The lowest BCUT2D eigenvalue weighted by Gasteiger charge is -2.17. The molecule has 106 valence electrons. The second-order valence-electron chi connectivity index (χ2n) is 4.55. The van der Waals surface area contributed by atoms with Crippen molar-refractivity contribution in [2.75, 3.05) is 31.4 Å². The van der Waals surface area contributed by atoms with Crippen LogP contribution < -0.4 is 10.2 Å². The van der Waals surface area contributed by atoms with Gasteiger partial charge >= 0.3 is 5.97 Å². The predicted octanol–water partition coefficient (Wildman–Crippen LogP) is 3.05. The van der Waals surface area contributed by atoms with Crippen LogP contribution in [-0.4, -0.2) is 32.2 Å². The minimum absolute atomic E-state index is 0.319. The van der Waals surface area contributed by atoms with Crippen LogP contribution in [0.15, 0.2) is 23.6 Å². The molecule has 0 saturated carbocycles. The lowest BCUT2D eigenvalue weighted by atomic mass is 10.1. The molecule has 0 amide bonds. The normalized spacial score (nSPS) is 10.2. The summed E-state index contributed by atoms with van der Waals surface area (Å²) in [5.74, 6) is -0.424. The molecule has 0 spiro atoms. The number of thiazole rings is 1. The van der Waals surface area contributed by atoms with Crippen molar-refractivity contribution >= 4 is 33.8 Å². The van der Waals surface area contributed by atoms with Gasteiger partial charge in [-0.25, -0.2) is 9.78 Å². The first-order valence-electron chi connectivity index (χ1n) is 6.10. The van der Waals surface area contributed by atoms with E-state index in [-0.39, 0.29) is 0 Å². The fraction of sp³-hybridized carbons (Fsp3) is 0.286. The van der Waals surface area contributed by atoms with Crippen molar-refractivity contribution in [3.05, 3.63) is 34.8 Å². The van der Waals surface area contributed by atoms with E-state index in [2.05, 4.69) is 32.9 Å². The zero-order valence-corrected chi connectivity index (χ0v) is 12.7. The average molecular weight is 291 g/mol. The molecule has 0 aliphatic rings. The largest absolute Gasteiger partial charge is 0.464 e. The number of rotatable bonds is 4. The summed E-state index contributed by atoms with van der Waals surface area (Å²) in [6.07, 6.45) is 0. The molecule has 1 aromatic carbocycles. The first-order chi connectivity index (χ1) is 9.51. The molecule has 0 atom stereocenters. The fourth-order valence-corrected chi connectivity index (χ4v) is 2.52. The van der Waals surface area contributed by atoms with Crippen LogP contribution in [-0.2, 0) is 4.74 Å². The minimum atomic E-state index is -0.424. The number of nitrogens with zero attached hydrogens (tertiary/aromatic N) is 2. The quantitative estimate of drug-likeness (QED) is 0.877. The van der Waals surface area contributed by atoms with Crippen molar-refractivity contribution in [1.82, 2.24) is 4.98 Å². The molecule has 20 heavy (non-hydrogen) atoms. The van der Waals surface area contributed by atoms with Gasteiger partial charge in [0.15, 0.2) is 10.8 Å². The number of hydrogen-bond acceptors (Lipinski definition) is 6. The van der Waals surface area contributed by atoms with Gasteiger partial charge in [-0.15, -0.1) is 11.3 Å². The number of esters is 1. The standard InChI is InChI=1S/C14H17N3O2S/c1-9-5-6-10(7-12(9)17(2)3)15-14-16-11(8-20-14)13(18)19-4/h5-8H,1-4H3,(H,15,16). The van der Waals surface area contributed by atoms with E-state index in [1.807, 2.05) is 26.2 Å². The van der Waals surface area contributed by atoms with Crippen LogP contribution in [0.3, 0.4) is 0 Å². The molecule has 0 aliphatic carbocycles. The molecule has 2 rings (SSSR count). The summed E-state index contributed by atoms with van der Waals surface area (Å²) >= 11 is 1.37. The Kier molecular flexibility index (Phi) is 4.24. The molecule has 0 radical (unpaired) electrons. The number of aryl methyl sites for hydroxylation is 1. The molecule has 5 nitrogen and oxygen atoms in total. The SMILES string of the molecule is COC(=O)c1csc(Nc2ccc(C)c(N(C)C)c2)n1. The van der Waals surface area contributed by atoms with Gasteiger partial charge in [-0.2, -0.15) is 0 Å². The summed E-state index contributed by atoms with van der Waals surface area (Å²) in [7, 11) is 5.36. The van der Waals surface area contributed by atoms with Gasteiger partial charge < -0.3 is 15.0 Å². The number of carbonyl (C=O) groups excluding carboxylic acids is 1. The van der Waals surface area contributed by atoms with Crippen LogP contribution in [0.1, 0.15) is 16.1 Å². The monoisotopic (exact) mass is 291 g/mol. The van der Waals surface area contributed by atoms with Crippen molar-refractivity contribution < 1.29 is 9.53 Å². The molecule has 0 bridgehead atoms. The molecule has 2 aromatic rings. The molecule has 1 aromatic heterocycles. The number of nitrogens with one attached hydrogen (secondary N) is 1. The number of hydrogen-bond donors (Lipinski definition) is 1. The Labute approximate surface area is 122 Å². The highest BCUT2D eigenvalue weighted by Crippen LogP contribution is 2.26. The van der Waals surface area contributed by atoms with Crippen LogP contribution in [0.4, 0.5) is 16.5 Å². The van der Waals surface area contributed by atoms with Crippen LogP contribution >= 0.6 is 11.3 Å². The molecule has 0 unspecified atom stereocenters. The number of methoxy groups -OCH3 is 1.